The van der Waals surface area contributed by atoms with Crippen molar-refractivity contribution in [3.63, 3.8) is 0 Å². The van der Waals surface area contributed by atoms with Crippen LogP contribution in [0.4, 0.5) is 28.4 Å². The fraction of sp³-hybridized carbons (Fsp3) is 0.315. The van der Waals surface area contributed by atoms with Crippen LogP contribution >= 0.6 is 11.3 Å². The van der Waals surface area contributed by atoms with Crippen molar-refractivity contribution in [3.8, 4) is 44.5 Å². The Hall–Kier alpha value is -6.62. The highest BCUT2D eigenvalue weighted by molar-refractivity contribution is 7.32. The van der Waals surface area contributed by atoms with Gasteiger partial charge in [-0.3, -0.25) is 0 Å². The largest absolute Gasteiger partial charge is 0.376 e. The van der Waals surface area contributed by atoms with Gasteiger partial charge < -0.3 is 9.71 Å². The molecule has 0 atom stereocenters. The number of fused-ring (bicyclic) bond motifs is 12. The van der Waals surface area contributed by atoms with E-state index in [4.69, 9.17) is 0 Å². The van der Waals surface area contributed by atoms with Gasteiger partial charge in [-0.15, -0.1) is 11.3 Å². The van der Waals surface area contributed by atoms with Gasteiger partial charge in [0.2, 0.25) is 0 Å². The van der Waals surface area contributed by atoms with E-state index in [9.17, 15) is 0 Å². The highest BCUT2D eigenvalue weighted by Crippen LogP contribution is 2.61. The third kappa shape index (κ3) is 7.05. The molecule has 3 aliphatic carbocycles. The van der Waals surface area contributed by atoms with Gasteiger partial charge in [0.1, 0.15) is 0 Å². The second-order valence-electron chi connectivity index (χ2n) is 27.8. The molecule has 1 aromatic heterocycles. The second-order valence-corrected chi connectivity index (χ2v) is 28.9. The van der Waals surface area contributed by atoms with Gasteiger partial charge in [-0.05, 0) is 179 Å². The highest BCUT2D eigenvalue weighted by atomic mass is 32.1. The minimum atomic E-state index is -0.310. The molecule has 0 unspecified atom stereocenters. The monoisotopic (exact) mass is 1020 g/mol. The first kappa shape index (κ1) is 48.7. The lowest BCUT2D eigenvalue weighted by Gasteiger charge is -2.48. The summed E-state index contributed by atoms with van der Waals surface area (Å²) in [7, 11) is 0. The summed E-state index contributed by atoms with van der Waals surface area (Å²) in [6.07, 6.45) is 4.68. The van der Waals surface area contributed by atoms with E-state index in [2.05, 4.69) is 269 Å². The number of hydrogen-bond acceptors (Lipinski definition) is 3. The molecule has 77 heavy (non-hydrogen) atoms. The van der Waals surface area contributed by atoms with Crippen LogP contribution in [0.2, 0.25) is 0 Å². The Morgan fingerprint density at radius 2 is 1.05 bits per heavy atom. The lowest BCUT2D eigenvalue weighted by molar-refractivity contribution is 0.332. The maximum Gasteiger partial charge on any atom is 0.343 e. The van der Waals surface area contributed by atoms with Crippen LogP contribution in [-0.2, 0) is 32.5 Å². The number of hydrogen-bond donors (Lipinski definition) is 0. The maximum absolute atomic E-state index is 2.83. The molecule has 0 radical (unpaired) electrons. The molecular formula is C73H73BN2S. The molecular weight excluding hydrogens is 948 g/mol. The summed E-state index contributed by atoms with van der Waals surface area (Å²) in [5.74, 6) is 0. The van der Waals surface area contributed by atoms with Crippen molar-refractivity contribution < 1.29 is 0 Å². The zero-order valence-corrected chi connectivity index (χ0v) is 48.5. The number of anilines is 5. The molecule has 0 fully saturated rings. The van der Waals surface area contributed by atoms with E-state index in [0.29, 0.717) is 0 Å². The standard InChI is InChI=1S/C73H73BN2S/c1-68(2,3)47-29-33-60(51(39-47)45-24-18-15-19-25-45)75-65-54-42-58-59(72(10,11)37-36-71(58,8)9)43-62(54)77-67(65)74-64-53(41-52-49-26-20-21-27-55(49)73(12,13)63(52)66(64)75)50-31-28-46(44-22-16-14-17-23-44)38-61(50)76(74)48-30-32-56-57(40-48)70(6,7)35-34-69(56,4)5/h14-33,38-43H,34-37H2,1-13H3. The fourth-order valence-electron chi connectivity index (χ4n) is 14.9. The number of nitrogens with zero attached hydrogens (tertiary/aromatic N) is 2. The third-order valence-corrected chi connectivity index (χ3v) is 20.9. The van der Waals surface area contributed by atoms with Gasteiger partial charge in [-0.25, -0.2) is 0 Å². The van der Waals surface area contributed by atoms with Crippen molar-refractivity contribution in [2.75, 3.05) is 9.71 Å². The van der Waals surface area contributed by atoms with Crippen molar-refractivity contribution in [1.82, 2.24) is 0 Å². The highest BCUT2D eigenvalue weighted by Gasteiger charge is 2.53. The lowest BCUT2D eigenvalue weighted by Crippen LogP contribution is -2.61. The van der Waals surface area contributed by atoms with E-state index in [-0.39, 0.29) is 39.3 Å². The summed E-state index contributed by atoms with van der Waals surface area (Å²) in [4.78, 5) is 5.66. The van der Waals surface area contributed by atoms with Gasteiger partial charge in [0.05, 0.1) is 11.4 Å². The van der Waals surface area contributed by atoms with Gasteiger partial charge >= 0.3 is 6.85 Å². The molecule has 5 aliphatic rings. The molecule has 9 aromatic rings. The van der Waals surface area contributed by atoms with E-state index in [0.717, 1.165) is 12.8 Å². The zero-order chi connectivity index (χ0) is 53.5. The average Bonchev–Trinajstić information content (AvgIpc) is 3.94. The minimum absolute atomic E-state index is 0.0280. The molecule has 0 saturated carbocycles. The zero-order valence-electron chi connectivity index (χ0n) is 47.7. The summed E-state index contributed by atoms with van der Waals surface area (Å²) in [5.41, 5.74) is 28.2. The average molecular weight is 1020 g/mol. The number of benzene rings is 8. The molecule has 0 N–H and O–H groups in total. The van der Waals surface area contributed by atoms with Crippen LogP contribution in [0.15, 0.2) is 158 Å². The summed E-state index contributed by atoms with van der Waals surface area (Å²) in [6.45, 7) is 31.8. The van der Waals surface area contributed by atoms with Crippen molar-refractivity contribution in [3.05, 3.63) is 197 Å². The van der Waals surface area contributed by atoms with Gasteiger partial charge in [0, 0.05) is 48.5 Å². The molecule has 0 amide bonds. The Labute approximate surface area is 463 Å². The van der Waals surface area contributed by atoms with E-state index in [1.54, 1.807) is 0 Å². The Bertz CT molecular complexity index is 3950. The molecule has 14 rings (SSSR count). The van der Waals surface area contributed by atoms with E-state index in [1.165, 1.54) is 145 Å². The Morgan fingerprint density at radius 3 is 1.73 bits per heavy atom. The maximum atomic E-state index is 2.83. The lowest BCUT2D eigenvalue weighted by atomic mass is 9.45. The Balaban J connectivity index is 1.19. The van der Waals surface area contributed by atoms with E-state index >= 15 is 0 Å². The predicted molar refractivity (Wildman–Crippen MR) is 333 cm³/mol. The first-order valence-electron chi connectivity index (χ1n) is 28.6. The second kappa shape index (κ2) is 16.2. The van der Waals surface area contributed by atoms with Crippen LogP contribution in [0.3, 0.4) is 0 Å². The molecule has 0 saturated heterocycles. The summed E-state index contributed by atoms with van der Waals surface area (Å²) in [6, 6.07) is 62.1. The molecule has 384 valence electrons. The van der Waals surface area contributed by atoms with Crippen molar-refractivity contribution in [2.24, 2.45) is 0 Å². The molecule has 0 spiro atoms. The molecule has 2 aliphatic heterocycles. The van der Waals surface area contributed by atoms with Crippen molar-refractivity contribution >= 4 is 66.9 Å². The van der Waals surface area contributed by atoms with Gasteiger partial charge in [-0.2, -0.15) is 0 Å². The normalized spacial score (nSPS) is 18.4. The van der Waals surface area contributed by atoms with Crippen molar-refractivity contribution in [2.45, 2.75) is 148 Å². The van der Waals surface area contributed by atoms with Crippen LogP contribution in [0.1, 0.15) is 155 Å². The van der Waals surface area contributed by atoms with Gasteiger partial charge in [-0.1, -0.05) is 199 Å². The van der Waals surface area contributed by atoms with Gasteiger partial charge in [0.25, 0.3) is 0 Å². The molecule has 2 nitrogen and oxygen atoms in total. The molecule has 8 aromatic carbocycles. The first-order valence-corrected chi connectivity index (χ1v) is 29.4. The van der Waals surface area contributed by atoms with Crippen LogP contribution < -0.4 is 20.0 Å². The quantitative estimate of drug-likeness (QED) is 0.162. The summed E-state index contributed by atoms with van der Waals surface area (Å²) >= 11 is 2.06. The summed E-state index contributed by atoms with van der Waals surface area (Å²) in [5, 5.41) is 1.36. The predicted octanol–water partition coefficient (Wildman–Crippen LogP) is 19.2. The van der Waals surface area contributed by atoms with Crippen LogP contribution in [-0.4, -0.2) is 6.85 Å². The topological polar surface area (TPSA) is 6.48 Å². The van der Waals surface area contributed by atoms with E-state index < -0.39 is 0 Å². The minimum Gasteiger partial charge on any atom is -0.376 e. The molecule has 3 heterocycles. The Morgan fingerprint density at radius 1 is 0.442 bits per heavy atom. The van der Waals surface area contributed by atoms with Crippen LogP contribution in [0, 0.1) is 0 Å². The number of thiophene rings is 1. The van der Waals surface area contributed by atoms with E-state index in [1.807, 2.05) is 0 Å². The third-order valence-electron chi connectivity index (χ3n) is 19.7. The van der Waals surface area contributed by atoms with Crippen molar-refractivity contribution in [1.29, 1.82) is 0 Å². The SMILES string of the molecule is CC(C)(C)c1ccc(N2c3c4c(cc5c3C(C)(C)c3ccccc3-5)-c3ccc(-c5ccccc5)cc3N(c3ccc5c(c3)C(C)(C)CCC5(C)C)B4c3sc4cc5c(cc4c32)C(C)(C)CCC5(C)C)c(-c2ccccc2)c1. The Kier molecular flexibility index (Phi) is 10.3. The molecule has 4 heteroatoms. The van der Waals surface area contributed by atoms with Crippen LogP contribution in [0.25, 0.3) is 54.6 Å². The smallest absolute Gasteiger partial charge is 0.343 e. The fourth-order valence-corrected chi connectivity index (χ4v) is 16.2. The first-order chi connectivity index (χ1) is 36.5. The van der Waals surface area contributed by atoms with Crippen LogP contribution in [0.5, 0.6) is 0 Å². The molecule has 0 bridgehead atoms. The van der Waals surface area contributed by atoms with Gasteiger partial charge in [0.15, 0.2) is 0 Å². The summed E-state index contributed by atoms with van der Waals surface area (Å²) < 4.78 is 2.79. The number of rotatable bonds is 4.